The third-order valence-electron chi connectivity index (χ3n) is 4.40. The summed E-state index contributed by atoms with van der Waals surface area (Å²) in [5, 5.41) is 12.3. The predicted octanol–water partition coefficient (Wildman–Crippen LogP) is 3.69. The normalized spacial score (nSPS) is 10.7. The number of nitrogens with zero attached hydrogens (tertiary/aromatic N) is 3. The van der Waals surface area contributed by atoms with Gasteiger partial charge < -0.3 is 14.6 Å². The molecule has 0 atom stereocenters. The van der Waals surface area contributed by atoms with Gasteiger partial charge in [-0.05, 0) is 37.1 Å². The van der Waals surface area contributed by atoms with Crippen molar-refractivity contribution in [1.29, 1.82) is 0 Å². The first-order valence-corrected chi connectivity index (χ1v) is 10.1. The largest absolute Gasteiger partial charge is 0.497 e. The van der Waals surface area contributed by atoms with Crippen molar-refractivity contribution in [3.05, 3.63) is 59.7 Å². The van der Waals surface area contributed by atoms with Gasteiger partial charge in [-0.1, -0.05) is 48.2 Å². The van der Waals surface area contributed by atoms with E-state index in [0.717, 1.165) is 40.0 Å². The van der Waals surface area contributed by atoms with E-state index in [1.165, 1.54) is 11.8 Å². The average molecular weight is 397 g/mol. The lowest BCUT2D eigenvalue weighted by atomic mass is 10.1. The minimum absolute atomic E-state index is 0.0380. The number of benzene rings is 2. The highest BCUT2D eigenvalue weighted by Gasteiger charge is 2.15. The van der Waals surface area contributed by atoms with E-state index in [2.05, 4.69) is 35.4 Å². The lowest BCUT2D eigenvalue weighted by Crippen LogP contribution is -2.24. The maximum Gasteiger partial charge on any atom is 0.230 e. The van der Waals surface area contributed by atoms with Crippen LogP contribution in [-0.2, 0) is 17.9 Å². The molecule has 1 heterocycles. The Balaban J connectivity index is 1.59. The molecule has 1 aromatic heterocycles. The molecular weight excluding hydrogens is 372 g/mol. The van der Waals surface area contributed by atoms with Gasteiger partial charge in [-0.3, -0.25) is 4.79 Å². The zero-order chi connectivity index (χ0) is 19.9. The number of carbonyl (C=O) groups excluding carboxylic acids is 1. The smallest absolute Gasteiger partial charge is 0.230 e. The van der Waals surface area contributed by atoms with Crippen LogP contribution in [0, 0.1) is 6.92 Å². The van der Waals surface area contributed by atoms with Gasteiger partial charge in [0.2, 0.25) is 5.91 Å². The molecule has 1 N–H and O–H groups in total. The summed E-state index contributed by atoms with van der Waals surface area (Å²) in [5.41, 5.74) is 3.24. The molecule has 0 bridgehead atoms. The molecule has 0 aliphatic heterocycles. The monoisotopic (exact) mass is 396 g/mol. The molecular formula is C21H24N4O2S. The van der Waals surface area contributed by atoms with Crippen molar-refractivity contribution in [2.45, 2.75) is 32.1 Å². The van der Waals surface area contributed by atoms with Gasteiger partial charge in [0.25, 0.3) is 0 Å². The second kappa shape index (κ2) is 9.41. The van der Waals surface area contributed by atoms with Crippen LogP contribution in [0.2, 0.25) is 0 Å². The molecule has 0 saturated heterocycles. The van der Waals surface area contributed by atoms with E-state index >= 15 is 0 Å². The molecule has 0 spiro atoms. The average Bonchev–Trinajstić information content (AvgIpc) is 3.14. The first-order chi connectivity index (χ1) is 13.6. The maximum absolute atomic E-state index is 12.2. The van der Waals surface area contributed by atoms with Crippen molar-refractivity contribution in [2.75, 3.05) is 12.9 Å². The molecule has 0 saturated carbocycles. The first kappa shape index (κ1) is 19.9. The number of hydrogen-bond acceptors (Lipinski definition) is 5. The predicted molar refractivity (Wildman–Crippen MR) is 111 cm³/mol. The Morgan fingerprint density at radius 3 is 2.57 bits per heavy atom. The van der Waals surface area contributed by atoms with Crippen LogP contribution in [0.3, 0.4) is 0 Å². The molecule has 0 aliphatic carbocycles. The van der Waals surface area contributed by atoms with Crippen LogP contribution in [0.5, 0.6) is 5.75 Å². The standard InChI is InChI=1S/C21H24N4O2S/c1-4-25-20(18-8-6-5-7-15(18)2)23-24-21(25)28-14-19(26)22-13-16-9-11-17(27-3)12-10-16/h5-12H,4,13-14H2,1-3H3,(H,22,26). The number of ether oxygens (including phenoxy) is 1. The summed E-state index contributed by atoms with van der Waals surface area (Å²) in [5.74, 6) is 1.89. The molecule has 0 aliphatic rings. The van der Waals surface area contributed by atoms with E-state index in [1.54, 1.807) is 7.11 Å². The minimum atomic E-state index is -0.0380. The molecule has 28 heavy (non-hydrogen) atoms. The Hall–Kier alpha value is -2.80. The van der Waals surface area contributed by atoms with Gasteiger partial charge >= 0.3 is 0 Å². The van der Waals surface area contributed by atoms with Gasteiger partial charge in [0.1, 0.15) is 5.75 Å². The zero-order valence-electron chi connectivity index (χ0n) is 16.3. The number of aromatic nitrogens is 3. The Bertz CT molecular complexity index is 938. The van der Waals surface area contributed by atoms with Crippen molar-refractivity contribution < 1.29 is 9.53 Å². The lowest BCUT2D eigenvalue weighted by molar-refractivity contribution is -0.118. The Labute approximate surface area is 169 Å². The number of carbonyl (C=O) groups is 1. The Morgan fingerprint density at radius 1 is 1.14 bits per heavy atom. The van der Waals surface area contributed by atoms with Crippen LogP contribution in [0.25, 0.3) is 11.4 Å². The molecule has 0 fully saturated rings. The Kier molecular flexibility index (Phi) is 6.71. The van der Waals surface area contributed by atoms with Crippen LogP contribution in [0.1, 0.15) is 18.1 Å². The summed E-state index contributed by atoms with van der Waals surface area (Å²) in [6, 6.07) is 15.7. The van der Waals surface area contributed by atoms with E-state index in [0.29, 0.717) is 12.3 Å². The number of nitrogens with one attached hydrogen (secondary N) is 1. The second-order valence-corrected chi connectivity index (χ2v) is 7.22. The fourth-order valence-electron chi connectivity index (χ4n) is 2.83. The number of aryl methyl sites for hydroxylation is 1. The highest BCUT2D eigenvalue weighted by Crippen LogP contribution is 2.26. The number of hydrogen-bond donors (Lipinski definition) is 1. The summed E-state index contributed by atoms with van der Waals surface area (Å²) < 4.78 is 7.18. The molecule has 0 unspecified atom stereocenters. The van der Waals surface area contributed by atoms with Gasteiger partial charge in [-0.25, -0.2) is 0 Å². The fourth-order valence-corrected chi connectivity index (χ4v) is 3.66. The second-order valence-electron chi connectivity index (χ2n) is 6.28. The van der Waals surface area contributed by atoms with Gasteiger partial charge in [-0.2, -0.15) is 0 Å². The summed E-state index contributed by atoms with van der Waals surface area (Å²) in [6.45, 7) is 5.34. The van der Waals surface area contributed by atoms with Crippen LogP contribution in [0.4, 0.5) is 0 Å². The van der Waals surface area contributed by atoms with Crippen LogP contribution < -0.4 is 10.1 Å². The topological polar surface area (TPSA) is 69.0 Å². The van der Waals surface area contributed by atoms with Crippen molar-refractivity contribution in [3.63, 3.8) is 0 Å². The SMILES string of the molecule is CCn1c(SCC(=O)NCc2ccc(OC)cc2)nnc1-c1ccccc1C. The molecule has 0 radical (unpaired) electrons. The van der Waals surface area contributed by atoms with Gasteiger partial charge in [-0.15, -0.1) is 10.2 Å². The Morgan fingerprint density at radius 2 is 1.89 bits per heavy atom. The molecule has 2 aromatic carbocycles. The highest BCUT2D eigenvalue weighted by atomic mass is 32.2. The molecule has 3 rings (SSSR count). The van der Waals surface area contributed by atoms with Gasteiger partial charge in [0.15, 0.2) is 11.0 Å². The van der Waals surface area contributed by atoms with Crippen LogP contribution in [-0.4, -0.2) is 33.5 Å². The lowest BCUT2D eigenvalue weighted by Gasteiger charge is -2.09. The summed E-state index contributed by atoms with van der Waals surface area (Å²) >= 11 is 1.40. The van der Waals surface area contributed by atoms with Crippen LogP contribution >= 0.6 is 11.8 Å². The molecule has 6 nitrogen and oxygen atoms in total. The quantitative estimate of drug-likeness (QED) is 0.588. The zero-order valence-corrected chi connectivity index (χ0v) is 17.1. The number of amides is 1. The van der Waals surface area contributed by atoms with E-state index in [-0.39, 0.29) is 5.91 Å². The molecule has 3 aromatic rings. The van der Waals surface area contributed by atoms with Crippen molar-refractivity contribution in [1.82, 2.24) is 20.1 Å². The van der Waals surface area contributed by atoms with Gasteiger partial charge in [0, 0.05) is 18.7 Å². The third kappa shape index (κ3) is 4.72. The van der Waals surface area contributed by atoms with Crippen molar-refractivity contribution >= 4 is 17.7 Å². The summed E-state index contributed by atoms with van der Waals surface area (Å²) in [7, 11) is 1.63. The van der Waals surface area contributed by atoms with E-state index in [1.807, 2.05) is 47.0 Å². The summed E-state index contributed by atoms with van der Waals surface area (Å²) in [4.78, 5) is 12.2. The van der Waals surface area contributed by atoms with Gasteiger partial charge in [0.05, 0.1) is 12.9 Å². The fraction of sp³-hybridized carbons (Fsp3) is 0.286. The van der Waals surface area contributed by atoms with Crippen molar-refractivity contribution in [3.8, 4) is 17.1 Å². The molecule has 1 amide bonds. The van der Waals surface area contributed by atoms with Crippen molar-refractivity contribution in [2.24, 2.45) is 0 Å². The molecule has 146 valence electrons. The van der Waals surface area contributed by atoms with Crippen LogP contribution in [0.15, 0.2) is 53.7 Å². The number of thioether (sulfide) groups is 1. The summed E-state index contributed by atoms with van der Waals surface area (Å²) in [6.07, 6.45) is 0. The highest BCUT2D eigenvalue weighted by molar-refractivity contribution is 7.99. The van der Waals surface area contributed by atoms with E-state index in [4.69, 9.17) is 4.74 Å². The molecule has 7 heteroatoms. The van der Waals surface area contributed by atoms with E-state index < -0.39 is 0 Å². The third-order valence-corrected chi connectivity index (χ3v) is 5.37. The number of rotatable bonds is 8. The maximum atomic E-state index is 12.2. The minimum Gasteiger partial charge on any atom is -0.497 e. The van der Waals surface area contributed by atoms with E-state index in [9.17, 15) is 4.79 Å². The number of methoxy groups -OCH3 is 1. The first-order valence-electron chi connectivity index (χ1n) is 9.14.